The van der Waals surface area contributed by atoms with E-state index in [0.717, 1.165) is 16.2 Å². The summed E-state index contributed by atoms with van der Waals surface area (Å²) in [5.41, 5.74) is 2.11. The first-order valence-corrected chi connectivity index (χ1v) is 7.54. The fourth-order valence-electron chi connectivity index (χ4n) is 2.33. The molecule has 4 N–H and O–H groups in total. The minimum atomic E-state index is -0.735. The fourth-order valence-corrected chi connectivity index (χ4v) is 2.33. The molecule has 0 aliphatic carbocycles. The monoisotopic (exact) mass is 315 g/mol. The van der Waals surface area contributed by atoms with E-state index < -0.39 is 6.10 Å². The van der Waals surface area contributed by atoms with Crippen molar-refractivity contribution < 1.29 is 20.2 Å². The number of phenols is 1. The van der Waals surface area contributed by atoms with Crippen molar-refractivity contribution in [1.29, 1.82) is 0 Å². The lowest BCUT2D eigenvalue weighted by atomic mass is 10.0. The van der Waals surface area contributed by atoms with Gasteiger partial charge in [0.2, 0.25) is 0 Å². The van der Waals surface area contributed by atoms with Crippen LogP contribution in [0.25, 0.3) is 0 Å². The maximum atomic E-state index is 10.3. The second kappa shape index (κ2) is 7.87. The number of rotatable bonds is 6. The number of benzene rings is 2. The third-order valence-electron chi connectivity index (χ3n) is 3.84. The van der Waals surface area contributed by atoms with Crippen LogP contribution in [0.1, 0.15) is 17.2 Å². The molecule has 2 aromatic rings. The van der Waals surface area contributed by atoms with Gasteiger partial charge in [0.15, 0.2) is 0 Å². The molecular formula is C18H23N2O3+. The molecule has 0 spiro atoms. The molecule has 0 saturated heterocycles. The summed E-state index contributed by atoms with van der Waals surface area (Å²) in [6, 6.07) is 13.9. The molecule has 0 aliphatic rings. The van der Waals surface area contributed by atoms with Gasteiger partial charge in [0.05, 0.1) is 26.4 Å². The lowest BCUT2D eigenvalue weighted by Gasteiger charge is -2.24. The van der Waals surface area contributed by atoms with Gasteiger partial charge in [0.1, 0.15) is 17.9 Å². The second-order valence-corrected chi connectivity index (χ2v) is 5.72. The van der Waals surface area contributed by atoms with Gasteiger partial charge in [-0.25, -0.2) is 0 Å². The van der Waals surface area contributed by atoms with Crippen LogP contribution in [0.5, 0.6) is 5.75 Å². The highest BCUT2D eigenvalue weighted by molar-refractivity contribution is 5.85. The third-order valence-corrected chi connectivity index (χ3v) is 3.84. The van der Waals surface area contributed by atoms with Crippen molar-refractivity contribution in [3.63, 3.8) is 0 Å². The quantitative estimate of drug-likeness (QED) is 0.592. The molecule has 122 valence electrons. The van der Waals surface area contributed by atoms with Crippen molar-refractivity contribution in [2.24, 2.45) is 4.99 Å². The average Bonchev–Trinajstić information content (AvgIpc) is 2.55. The Kier molecular flexibility index (Phi) is 5.87. The van der Waals surface area contributed by atoms with E-state index in [-0.39, 0.29) is 18.4 Å². The second-order valence-electron chi connectivity index (χ2n) is 5.72. The SMILES string of the molecule is C[NH+](C)[C@@H](CO)[C@@H](O)c1ccc(N=Cc2ccccc2O)cc1. The van der Waals surface area contributed by atoms with Crippen LogP contribution >= 0.6 is 0 Å². The molecule has 0 fully saturated rings. The minimum Gasteiger partial charge on any atom is -0.507 e. The first kappa shape index (κ1) is 17.1. The van der Waals surface area contributed by atoms with Crippen LogP contribution in [0.15, 0.2) is 53.5 Å². The number of nitrogens with zero attached hydrogens (tertiary/aromatic N) is 1. The van der Waals surface area contributed by atoms with Crippen molar-refractivity contribution in [3.05, 3.63) is 59.7 Å². The van der Waals surface area contributed by atoms with Gasteiger partial charge >= 0.3 is 0 Å². The molecule has 0 heterocycles. The summed E-state index contributed by atoms with van der Waals surface area (Å²) in [6.45, 7) is -0.0866. The smallest absolute Gasteiger partial charge is 0.141 e. The van der Waals surface area contributed by atoms with Crippen LogP contribution in [0.2, 0.25) is 0 Å². The molecule has 5 nitrogen and oxygen atoms in total. The number of quaternary nitrogens is 1. The number of aliphatic hydroxyl groups excluding tert-OH is 2. The zero-order chi connectivity index (χ0) is 16.8. The third kappa shape index (κ3) is 4.39. The van der Waals surface area contributed by atoms with Crippen molar-refractivity contribution in [3.8, 4) is 5.75 Å². The standard InChI is InChI=1S/C18H22N2O3/c1-20(2)16(12-21)18(23)13-7-9-15(10-8-13)19-11-14-5-3-4-6-17(14)22/h3-11,16,18,21-23H,12H2,1-2H3/p+1/t16-,18-/m0/s1. The fraction of sp³-hybridized carbons (Fsp3) is 0.278. The Morgan fingerprint density at radius 1 is 1.09 bits per heavy atom. The molecule has 5 heteroatoms. The number of likely N-dealkylation sites (N-methyl/N-ethyl adjacent to an activating group) is 1. The zero-order valence-corrected chi connectivity index (χ0v) is 13.3. The number of aromatic hydroxyl groups is 1. The largest absolute Gasteiger partial charge is 0.507 e. The lowest BCUT2D eigenvalue weighted by molar-refractivity contribution is -0.891. The molecule has 0 unspecified atom stereocenters. The van der Waals surface area contributed by atoms with Gasteiger partial charge in [-0.3, -0.25) is 4.99 Å². The number of hydrogen-bond acceptors (Lipinski definition) is 4. The first-order valence-electron chi connectivity index (χ1n) is 7.54. The van der Waals surface area contributed by atoms with E-state index in [1.54, 1.807) is 48.7 Å². The molecule has 2 atom stereocenters. The Bertz CT molecular complexity index is 654. The highest BCUT2D eigenvalue weighted by Crippen LogP contribution is 2.21. The van der Waals surface area contributed by atoms with Crippen LogP contribution in [0.4, 0.5) is 5.69 Å². The van der Waals surface area contributed by atoms with E-state index in [1.165, 1.54) is 0 Å². The number of phenolic OH excluding ortho intramolecular Hbond substituents is 1. The van der Waals surface area contributed by atoms with Crippen molar-refractivity contribution in [2.75, 3.05) is 20.7 Å². The van der Waals surface area contributed by atoms with E-state index in [1.807, 2.05) is 20.2 Å². The molecule has 0 saturated carbocycles. The molecule has 0 bridgehead atoms. The summed E-state index contributed by atoms with van der Waals surface area (Å²) < 4.78 is 0. The van der Waals surface area contributed by atoms with Gasteiger partial charge in [-0.1, -0.05) is 24.3 Å². The van der Waals surface area contributed by atoms with Gasteiger partial charge in [0.25, 0.3) is 0 Å². The first-order chi connectivity index (χ1) is 11.0. The van der Waals surface area contributed by atoms with Crippen molar-refractivity contribution in [2.45, 2.75) is 12.1 Å². The van der Waals surface area contributed by atoms with Gasteiger partial charge in [-0.15, -0.1) is 0 Å². The topological polar surface area (TPSA) is 77.5 Å². The molecular weight excluding hydrogens is 292 g/mol. The number of hydrogen-bond donors (Lipinski definition) is 4. The summed E-state index contributed by atoms with van der Waals surface area (Å²) in [5.74, 6) is 0.183. The normalized spacial score (nSPS) is 14.3. The van der Waals surface area contributed by atoms with Crippen LogP contribution in [-0.2, 0) is 0 Å². The van der Waals surface area contributed by atoms with Gasteiger partial charge in [-0.2, -0.15) is 0 Å². The Hall–Kier alpha value is -2.21. The molecule has 2 rings (SSSR count). The maximum Gasteiger partial charge on any atom is 0.141 e. The van der Waals surface area contributed by atoms with E-state index in [9.17, 15) is 15.3 Å². The van der Waals surface area contributed by atoms with Crippen molar-refractivity contribution in [1.82, 2.24) is 0 Å². The summed E-state index contributed by atoms with van der Waals surface area (Å²) in [7, 11) is 3.80. The highest BCUT2D eigenvalue weighted by Gasteiger charge is 2.25. The van der Waals surface area contributed by atoms with Gasteiger partial charge in [0, 0.05) is 11.8 Å². The predicted molar refractivity (Wildman–Crippen MR) is 90.4 cm³/mol. The van der Waals surface area contributed by atoms with Crippen LogP contribution in [0, 0.1) is 0 Å². The van der Waals surface area contributed by atoms with Gasteiger partial charge < -0.3 is 20.2 Å². The predicted octanol–water partition coefficient (Wildman–Crippen LogP) is 0.682. The molecule has 0 amide bonds. The van der Waals surface area contributed by atoms with Crippen LogP contribution in [-0.4, -0.2) is 48.3 Å². The molecule has 2 aromatic carbocycles. The highest BCUT2D eigenvalue weighted by atomic mass is 16.3. The average molecular weight is 315 g/mol. The van der Waals surface area contributed by atoms with Gasteiger partial charge in [-0.05, 0) is 29.8 Å². The molecule has 23 heavy (non-hydrogen) atoms. The van der Waals surface area contributed by atoms with E-state index >= 15 is 0 Å². The van der Waals surface area contributed by atoms with E-state index in [0.29, 0.717) is 5.56 Å². The number of nitrogens with one attached hydrogen (secondary N) is 1. The summed E-state index contributed by atoms with van der Waals surface area (Å²) in [5, 5.41) is 29.4. The van der Waals surface area contributed by atoms with Crippen LogP contribution in [0.3, 0.4) is 0 Å². The molecule has 0 aliphatic heterocycles. The lowest BCUT2D eigenvalue weighted by Crippen LogP contribution is -3.11. The summed E-state index contributed by atoms with van der Waals surface area (Å²) >= 11 is 0. The summed E-state index contributed by atoms with van der Waals surface area (Å²) in [6.07, 6.45) is 0.863. The Balaban J connectivity index is 2.12. The molecule has 0 radical (unpaired) electrons. The van der Waals surface area contributed by atoms with Crippen LogP contribution < -0.4 is 4.90 Å². The minimum absolute atomic E-state index is 0.0866. The molecule has 0 aromatic heterocycles. The number of para-hydroxylation sites is 1. The number of aliphatic hydroxyl groups is 2. The van der Waals surface area contributed by atoms with Crippen molar-refractivity contribution >= 4 is 11.9 Å². The Morgan fingerprint density at radius 3 is 2.30 bits per heavy atom. The maximum absolute atomic E-state index is 10.3. The number of aliphatic imine (C=N–C) groups is 1. The summed E-state index contributed by atoms with van der Waals surface area (Å²) in [4.78, 5) is 5.30. The Labute approximate surface area is 136 Å². The van der Waals surface area contributed by atoms with E-state index in [4.69, 9.17) is 0 Å². The Morgan fingerprint density at radius 2 is 1.74 bits per heavy atom. The van der Waals surface area contributed by atoms with E-state index in [2.05, 4.69) is 4.99 Å². The zero-order valence-electron chi connectivity index (χ0n) is 13.3.